The fraction of sp³-hybridized carbons (Fsp3) is 0.136. The van der Waals surface area contributed by atoms with Crippen LogP contribution in [0.4, 0.5) is 19.1 Å². The second-order valence-corrected chi connectivity index (χ2v) is 6.94. The van der Waals surface area contributed by atoms with E-state index in [0.29, 0.717) is 6.07 Å². The van der Waals surface area contributed by atoms with E-state index in [2.05, 4.69) is 15.3 Å². The molecule has 0 aliphatic heterocycles. The first-order valence-corrected chi connectivity index (χ1v) is 9.40. The summed E-state index contributed by atoms with van der Waals surface area (Å²) in [5.41, 5.74) is -0.501. The monoisotopic (exact) mass is 426 g/mol. The lowest BCUT2D eigenvalue weighted by atomic mass is 10.1. The number of fused-ring (bicyclic) bond motifs is 1. The van der Waals surface area contributed by atoms with Crippen LogP contribution in [0.5, 0.6) is 0 Å². The minimum absolute atomic E-state index is 0.00102. The number of hydrogen-bond donors (Lipinski definition) is 2. The Morgan fingerprint density at radius 3 is 2.52 bits per heavy atom. The summed E-state index contributed by atoms with van der Waals surface area (Å²) in [6.07, 6.45) is 0. The van der Waals surface area contributed by atoms with Crippen LogP contribution < -0.4 is 10.9 Å². The third-order valence-corrected chi connectivity index (χ3v) is 4.68. The van der Waals surface area contributed by atoms with Gasteiger partial charge in [-0.25, -0.2) is 18.2 Å². The van der Waals surface area contributed by atoms with Gasteiger partial charge in [0.25, 0.3) is 5.56 Å². The lowest BCUT2D eigenvalue weighted by molar-refractivity contribution is 0.281. The number of halogens is 3. The van der Waals surface area contributed by atoms with Gasteiger partial charge in [0.15, 0.2) is 5.65 Å². The first-order valence-electron chi connectivity index (χ1n) is 9.40. The van der Waals surface area contributed by atoms with Crippen molar-refractivity contribution in [3.05, 3.63) is 82.4 Å². The van der Waals surface area contributed by atoms with Crippen molar-refractivity contribution < 1.29 is 18.3 Å². The molecule has 1 atom stereocenters. The van der Waals surface area contributed by atoms with Crippen LogP contribution in [0.1, 0.15) is 6.92 Å². The zero-order valence-electron chi connectivity index (χ0n) is 16.3. The first kappa shape index (κ1) is 20.5. The second-order valence-electron chi connectivity index (χ2n) is 6.94. The molecule has 2 aromatic carbocycles. The van der Waals surface area contributed by atoms with E-state index >= 15 is 0 Å². The first-order chi connectivity index (χ1) is 14.9. The summed E-state index contributed by atoms with van der Waals surface area (Å²) in [6, 6.07) is 10.9. The Kier molecular flexibility index (Phi) is 5.43. The predicted octanol–water partition coefficient (Wildman–Crippen LogP) is 3.66. The number of pyridine rings is 1. The minimum atomic E-state index is -0.959. The average Bonchev–Trinajstić information content (AvgIpc) is 2.74. The molecule has 158 valence electrons. The van der Waals surface area contributed by atoms with Crippen LogP contribution in [0.2, 0.25) is 0 Å². The van der Waals surface area contributed by atoms with Crippen molar-refractivity contribution >= 4 is 17.0 Å². The summed E-state index contributed by atoms with van der Waals surface area (Å²) in [5, 5.41) is 12.5. The number of aliphatic hydroxyl groups excluding tert-OH is 1. The van der Waals surface area contributed by atoms with Crippen LogP contribution in [0.3, 0.4) is 0 Å². The molecule has 2 aromatic heterocycles. The highest BCUT2D eigenvalue weighted by molar-refractivity contribution is 5.92. The molecule has 0 aliphatic rings. The van der Waals surface area contributed by atoms with E-state index in [4.69, 9.17) is 0 Å². The molecule has 0 bridgehead atoms. The van der Waals surface area contributed by atoms with Crippen molar-refractivity contribution in [1.29, 1.82) is 0 Å². The Bertz CT molecular complexity index is 1340. The van der Waals surface area contributed by atoms with Gasteiger partial charge in [-0.1, -0.05) is 12.1 Å². The van der Waals surface area contributed by atoms with Gasteiger partial charge in [0.1, 0.15) is 17.5 Å². The smallest absolute Gasteiger partial charge is 0.256 e. The number of nitrogens with one attached hydrogen (secondary N) is 1. The van der Waals surface area contributed by atoms with Crippen molar-refractivity contribution in [2.45, 2.75) is 13.0 Å². The number of aliphatic hydroxyl groups is 1. The number of nitrogens with zero attached hydrogens (tertiary/aromatic N) is 3. The van der Waals surface area contributed by atoms with Crippen LogP contribution >= 0.6 is 0 Å². The minimum Gasteiger partial charge on any atom is -0.394 e. The molecule has 31 heavy (non-hydrogen) atoms. The van der Waals surface area contributed by atoms with Crippen molar-refractivity contribution in [1.82, 2.24) is 14.5 Å². The molecular formula is C22H17F3N4O2. The van der Waals surface area contributed by atoms with Gasteiger partial charge in [-0.2, -0.15) is 4.98 Å². The Labute approximate surface area is 174 Å². The van der Waals surface area contributed by atoms with E-state index in [1.165, 1.54) is 30.3 Å². The molecule has 0 aliphatic carbocycles. The van der Waals surface area contributed by atoms with Gasteiger partial charge in [0, 0.05) is 29.1 Å². The Balaban J connectivity index is 2.09. The third-order valence-electron chi connectivity index (χ3n) is 4.68. The maximum Gasteiger partial charge on any atom is 0.256 e. The number of anilines is 1. The number of hydrogen-bond acceptors (Lipinski definition) is 5. The third kappa shape index (κ3) is 3.87. The molecule has 2 heterocycles. The summed E-state index contributed by atoms with van der Waals surface area (Å²) in [5.74, 6) is -2.29. The van der Waals surface area contributed by atoms with E-state index < -0.39 is 29.1 Å². The van der Waals surface area contributed by atoms with Gasteiger partial charge < -0.3 is 10.4 Å². The van der Waals surface area contributed by atoms with Crippen LogP contribution in [0.15, 0.2) is 59.4 Å². The molecule has 2 N–H and O–H groups in total. The largest absolute Gasteiger partial charge is 0.394 e. The van der Waals surface area contributed by atoms with E-state index in [1.54, 1.807) is 13.0 Å². The SMILES string of the molecule is C[C@@H](CO)Nc1nc(-c2ccccc2F)c2ccc(=O)n(-c3ccc(F)cc3F)c2n1. The molecular weight excluding hydrogens is 409 g/mol. The maximum atomic E-state index is 14.6. The average molecular weight is 426 g/mol. The molecule has 4 aromatic rings. The fourth-order valence-corrected chi connectivity index (χ4v) is 3.20. The topological polar surface area (TPSA) is 80.0 Å². The van der Waals surface area contributed by atoms with Gasteiger partial charge in [-0.15, -0.1) is 0 Å². The summed E-state index contributed by atoms with van der Waals surface area (Å²) in [6.45, 7) is 1.44. The van der Waals surface area contributed by atoms with E-state index in [-0.39, 0.29) is 40.5 Å². The summed E-state index contributed by atoms with van der Waals surface area (Å²) >= 11 is 0. The Morgan fingerprint density at radius 2 is 1.81 bits per heavy atom. The summed E-state index contributed by atoms with van der Waals surface area (Å²) in [4.78, 5) is 21.4. The second kappa shape index (κ2) is 8.19. The normalized spacial score (nSPS) is 12.2. The molecule has 0 spiro atoms. The summed E-state index contributed by atoms with van der Waals surface area (Å²) < 4.78 is 43.5. The Morgan fingerprint density at radius 1 is 1.03 bits per heavy atom. The lowest BCUT2D eigenvalue weighted by Crippen LogP contribution is -2.23. The highest BCUT2D eigenvalue weighted by atomic mass is 19.1. The molecule has 0 amide bonds. The van der Waals surface area contributed by atoms with Gasteiger partial charge >= 0.3 is 0 Å². The zero-order valence-corrected chi connectivity index (χ0v) is 16.3. The predicted molar refractivity (Wildman–Crippen MR) is 111 cm³/mol. The van der Waals surface area contributed by atoms with Crippen molar-refractivity contribution in [2.75, 3.05) is 11.9 Å². The van der Waals surface area contributed by atoms with E-state index in [9.17, 15) is 23.1 Å². The molecule has 0 fully saturated rings. The molecule has 0 unspecified atom stereocenters. The van der Waals surface area contributed by atoms with Crippen LogP contribution in [0.25, 0.3) is 28.0 Å². The molecule has 0 saturated carbocycles. The van der Waals surface area contributed by atoms with Crippen LogP contribution in [-0.4, -0.2) is 32.3 Å². The van der Waals surface area contributed by atoms with Crippen molar-refractivity contribution in [3.63, 3.8) is 0 Å². The van der Waals surface area contributed by atoms with E-state index in [1.807, 2.05) is 0 Å². The van der Waals surface area contributed by atoms with Gasteiger partial charge in [-0.05, 0) is 37.3 Å². The maximum absolute atomic E-state index is 14.6. The van der Waals surface area contributed by atoms with Crippen LogP contribution in [0, 0.1) is 17.5 Å². The van der Waals surface area contributed by atoms with Gasteiger partial charge in [0.05, 0.1) is 18.0 Å². The number of benzene rings is 2. The lowest BCUT2D eigenvalue weighted by Gasteiger charge is -2.16. The van der Waals surface area contributed by atoms with Crippen molar-refractivity contribution in [3.8, 4) is 16.9 Å². The molecule has 4 rings (SSSR count). The zero-order chi connectivity index (χ0) is 22.1. The Hall–Kier alpha value is -3.72. The van der Waals surface area contributed by atoms with Gasteiger partial charge in [0.2, 0.25) is 5.95 Å². The molecule has 0 radical (unpaired) electrons. The highest BCUT2D eigenvalue weighted by Crippen LogP contribution is 2.30. The van der Waals surface area contributed by atoms with Crippen LogP contribution in [-0.2, 0) is 0 Å². The summed E-state index contributed by atoms with van der Waals surface area (Å²) in [7, 11) is 0. The van der Waals surface area contributed by atoms with Crippen molar-refractivity contribution in [2.24, 2.45) is 0 Å². The quantitative estimate of drug-likeness (QED) is 0.509. The molecule has 9 heteroatoms. The van der Waals surface area contributed by atoms with Gasteiger partial charge in [-0.3, -0.25) is 9.36 Å². The molecule has 6 nitrogen and oxygen atoms in total. The number of aromatic nitrogens is 3. The standard InChI is InChI=1S/C22H17F3N4O2/c1-12(11-30)26-22-27-20(14-4-2-3-5-16(14)24)15-7-9-19(31)29(21(15)28-22)18-8-6-13(23)10-17(18)25/h2-10,12,30H,11H2,1H3,(H,26,27,28)/t12-/m0/s1. The fourth-order valence-electron chi connectivity index (χ4n) is 3.20. The van der Waals surface area contributed by atoms with E-state index in [0.717, 1.165) is 16.7 Å². The number of rotatable bonds is 5. The molecule has 0 saturated heterocycles. The highest BCUT2D eigenvalue weighted by Gasteiger charge is 2.19.